The molecule has 1 N–H and O–H groups in total. The van der Waals surface area contributed by atoms with Crippen molar-refractivity contribution >= 4 is 36.0 Å². The van der Waals surface area contributed by atoms with E-state index in [1.807, 2.05) is 54.1 Å². The number of aliphatic imine (C=N–C) groups is 1. The Morgan fingerprint density at radius 1 is 1.43 bits per heavy atom. The molecule has 0 spiro atoms. The van der Waals surface area contributed by atoms with Gasteiger partial charge in [0.15, 0.2) is 5.96 Å². The molecule has 1 saturated heterocycles. The van der Waals surface area contributed by atoms with Crippen LogP contribution in [0, 0.1) is 0 Å². The SMILES string of the molecule is CCNC(=NCCN(CC)C(=O)OC(C)(C)C)N1CCOC(c2cnn(C)c2)C1.I. The van der Waals surface area contributed by atoms with Gasteiger partial charge in [-0.15, -0.1) is 24.0 Å². The lowest BCUT2D eigenvalue weighted by molar-refractivity contribution is -0.00805. The first kappa shape index (κ1) is 26.5. The topological polar surface area (TPSA) is 84.2 Å². The minimum atomic E-state index is -0.502. The quantitative estimate of drug-likeness (QED) is 0.342. The van der Waals surface area contributed by atoms with Crippen molar-refractivity contribution in [2.24, 2.45) is 12.0 Å². The highest BCUT2D eigenvalue weighted by molar-refractivity contribution is 14.0. The average molecular weight is 536 g/mol. The molecule has 1 unspecified atom stereocenters. The van der Waals surface area contributed by atoms with Crippen LogP contribution in [0.25, 0.3) is 0 Å². The van der Waals surface area contributed by atoms with Gasteiger partial charge in [-0.05, 0) is 34.6 Å². The maximum absolute atomic E-state index is 12.3. The van der Waals surface area contributed by atoms with Crippen LogP contribution in [0.5, 0.6) is 0 Å². The Hall–Kier alpha value is -1.56. The second kappa shape index (κ2) is 12.3. The number of ether oxygens (including phenoxy) is 2. The van der Waals surface area contributed by atoms with Crippen LogP contribution in [0.1, 0.15) is 46.3 Å². The molecular weight excluding hydrogens is 499 g/mol. The van der Waals surface area contributed by atoms with Gasteiger partial charge < -0.3 is 24.6 Å². The van der Waals surface area contributed by atoms with Gasteiger partial charge in [0.25, 0.3) is 0 Å². The van der Waals surface area contributed by atoms with E-state index in [1.165, 1.54) is 0 Å². The average Bonchev–Trinajstić information content (AvgIpc) is 3.09. The second-order valence-electron chi connectivity index (χ2n) is 8.05. The van der Waals surface area contributed by atoms with Crippen LogP contribution in [-0.4, -0.2) is 83.1 Å². The summed E-state index contributed by atoms with van der Waals surface area (Å²) in [5, 5.41) is 7.59. The van der Waals surface area contributed by atoms with Gasteiger partial charge in [0, 0.05) is 45.0 Å². The van der Waals surface area contributed by atoms with Gasteiger partial charge in [0.1, 0.15) is 11.7 Å². The summed E-state index contributed by atoms with van der Waals surface area (Å²) < 4.78 is 13.2. The summed E-state index contributed by atoms with van der Waals surface area (Å²) >= 11 is 0. The van der Waals surface area contributed by atoms with Gasteiger partial charge in [0.2, 0.25) is 0 Å². The van der Waals surface area contributed by atoms with Crippen molar-refractivity contribution in [3.8, 4) is 0 Å². The molecule has 30 heavy (non-hydrogen) atoms. The summed E-state index contributed by atoms with van der Waals surface area (Å²) in [6, 6.07) is 0. The van der Waals surface area contributed by atoms with E-state index in [0.29, 0.717) is 32.8 Å². The van der Waals surface area contributed by atoms with Crippen molar-refractivity contribution in [3.63, 3.8) is 0 Å². The highest BCUT2D eigenvalue weighted by atomic mass is 127. The predicted molar refractivity (Wildman–Crippen MR) is 128 cm³/mol. The number of nitrogens with zero attached hydrogens (tertiary/aromatic N) is 5. The van der Waals surface area contributed by atoms with Crippen LogP contribution in [0.3, 0.4) is 0 Å². The summed E-state index contributed by atoms with van der Waals surface area (Å²) in [5.74, 6) is 0.838. The van der Waals surface area contributed by atoms with Crippen LogP contribution >= 0.6 is 24.0 Å². The standard InChI is InChI=1S/C20H36N6O3.HI/c1-7-21-18(22-9-10-25(8-2)19(27)29-20(3,4)5)26-11-12-28-17(15-26)16-13-23-24(6)14-16;/h13-14,17H,7-12,15H2,1-6H3,(H,21,22);1H. The maximum atomic E-state index is 12.3. The third kappa shape index (κ3) is 8.29. The van der Waals surface area contributed by atoms with Crippen molar-refractivity contribution in [2.75, 3.05) is 45.9 Å². The molecule has 9 nitrogen and oxygen atoms in total. The number of morpholine rings is 1. The molecule has 172 valence electrons. The van der Waals surface area contributed by atoms with E-state index in [0.717, 1.165) is 24.6 Å². The Labute approximate surface area is 197 Å². The number of halogens is 1. The third-order valence-corrected chi connectivity index (χ3v) is 4.46. The normalized spacial score (nSPS) is 17.3. The number of hydrogen-bond donors (Lipinski definition) is 1. The summed E-state index contributed by atoms with van der Waals surface area (Å²) in [4.78, 5) is 20.9. The third-order valence-electron chi connectivity index (χ3n) is 4.46. The van der Waals surface area contributed by atoms with Crippen molar-refractivity contribution < 1.29 is 14.3 Å². The van der Waals surface area contributed by atoms with E-state index in [4.69, 9.17) is 14.5 Å². The van der Waals surface area contributed by atoms with Gasteiger partial charge in [-0.1, -0.05) is 0 Å². The van der Waals surface area contributed by atoms with Crippen molar-refractivity contribution in [2.45, 2.75) is 46.3 Å². The Bertz CT molecular complexity index is 688. The lowest BCUT2D eigenvalue weighted by Crippen LogP contribution is -2.48. The molecule has 1 amide bonds. The van der Waals surface area contributed by atoms with E-state index in [2.05, 4.69) is 15.3 Å². The molecule has 1 fully saturated rings. The first-order valence-corrected chi connectivity index (χ1v) is 10.3. The smallest absolute Gasteiger partial charge is 0.410 e. The van der Waals surface area contributed by atoms with Gasteiger partial charge >= 0.3 is 6.09 Å². The first-order chi connectivity index (χ1) is 13.7. The maximum Gasteiger partial charge on any atom is 0.410 e. The molecule has 1 aromatic heterocycles. The van der Waals surface area contributed by atoms with Crippen molar-refractivity contribution in [1.29, 1.82) is 0 Å². The minimum Gasteiger partial charge on any atom is -0.444 e. The zero-order valence-electron chi connectivity index (χ0n) is 19.1. The molecule has 1 aromatic rings. The number of nitrogens with one attached hydrogen (secondary N) is 1. The Morgan fingerprint density at radius 2 is 2.17 bits per heavy atom. The zero-order valence-corrected chi connectivity index (χ0v) is 21.4. The number of aryl methyl sites for hydroxylation is 1. The summed E-state index contributed by atoms with van der Waals surface area (Å²) in [6.45, 7) is 14.1. The molecule has 0 aromatic carbocycles. The van der Waals surface area contributed by atoms with E-state index >= 15 is 0 Å². The number of carbonyl (C=O) groups is 1. The van der Waals surface area contributed by atoms with E-state index in [9.17, 15) is 4.79 Å². The van der Waals surface area contributed by atoms with E-state index < -0.39 is 5.60 Å². The van der Waals surface area contributed by atoms with Gasteiger partial charge in [-0.25, -0.2) is 4.79 Å². The fraction of sp³-hybridized carbons (Fsp3) is 0.750. The molecule has 1 atom stereocenters. The van der Waals surface area contributed by atoms with Gasteiger partial charge in [0.05, 0.1) is 25.9 Å². The highest BCUT2D eigenvalue weighted by Gasteiger charge is 2.25. The fourth-order valence-electron chi connectivity index (χ4n) is 3.06. The molecule has 0 saturated carbocycles. The van der Waals surface area contributed by atoms with Gasteiger partial charge in [-0.2, -0.15) is 5.10 Å². The Balaban J connectivity index is 0.00000450. The molecule has 0 bridgehead atoms. The molecule has 0 aliphatic carbocycles. The zero-order chi connectivity index (χ0) is 21.4. The molecule has 10 heteroatoms. The van der Waals surface area contributed by atoms with Crippen LogP contribution in [0.2, 0.25) is 0 Å². The number of carbonyl (C=O) groups excluding carboxylic acids is 1. The van der Waals surface area contributed by atoms with E-state index in [1.54, 1.807) is 9.58 Å². The second-order valence-corrected chi connectivity index (χ2v) is 8.05. The molecule has 2 heterocycles. The Morgan fingerprint density at radius 3 is 2.73 bits per heavy atom. The molecular formula is C20H37IN6O3. The van der Waals surface area contributed by atoms with Crippen molar-refractivity contribution in [3.05, 3.63) is 18.0 Å². The van der Waals surface area contributed by atoms with Crippen LogP contribution < -0.4 is 5.32 Å². The largest absolute Gasteiger partial charge is 0.444 e. The molecule has 1 aliphatic rings. The first-order valence-electron chi connectivity index (χ1n) is 10.3. The molecule has 2 rings (SSSR count). The number of guanidine groups is 1. The highest BCUT2D eigenvalue weighted by Crippen LogP contribution is 2.21. The monoisotopic (exact) mass is 536 g/mol. The van der Waals surface area contributed by atoms with Gasteiger partial charge in [-0.3, -0.25) is 9.67 Å². The van der Waals surface area contributed by atoms with Crippen LogP contribution in [-0.2, 0) is 16.5 Å². The number of rotatable bonds is 6. The lowest BCUT2D eigenvalue weighted by atomic mass is 10.1. The Kier molecular flexibility index (Phi) is 10.9. The summed E-state index contributed by atoms with van der Waals surface area (Å²) in [6.07, 6.45) is 3.49. The number of hydrogen-bond acceptors (Lipinski definition) is 5. The van der Waals surface area contributed by atoms with Crippen LogP contribution in [0.15, 0.2) is 17.4 Å². The van der Waals surface area contributed by atoms with E-state index in [-0.39, 0.29) is 36.2 Å². The van der Waals surface area contributed by atoms with Crippen LogP contribution in [0.4, 0.5) is 4.79 Å². The lowest BCUT2D eigenvalue weighted by Gasteiger charge is -2.35. The summed E-state index contributed by atoms with van der Waals surface area (Å²) in [7, 11) is 1.90. The molecule has 1 aliphatic heterocycles. The summed E-state index contributed by atoms with van der Waals surface area (Å²) in [5.41, 5.74) is 0.563. The fourth-order valence-corrected chi connectivity index (χ4v) is 3.06. The number of aromatic nitrogens is 2. The number of likely N-dealkylation sites (N-methyl/N-ethyl adjacent to an activating group) is 1. The minimum absolute atomic E-state index is 0. The molecule has 0 radical (unpaired) electrons. The predicted octanol–water partition coefficient (Wildman–Crippen LogP) is 2.63. The number of amides is 1. The van der Waals surface area contributed by atoms with Crippen molar-refractivity contribution in [1.82, 2.24) is 24.9 Å².